The van der Waals surface area contributed by atoms with Crippen LogP contribution in [0.2, 0.25) is 0 Å². The third-order valence-corrected chi connectivity index (χ3v) is 2.61. The summed E-state index contributed by atoms with van der Waals surface area (Å²) in [6.07, 6.45) is -0.398. The Kier molecular flexibility index (Phi) is 9.15. The molecule has 7 heteroatoms. The second-order valence-electron chi connectivity index (χ2n) is 4.28. The lowest BCUT2D eigenvalue weighted by atomic mass is 10.2. The number of carbonyl (C=O) groups excluding carboxylic acids is 3. The Bertz CT molecular complexity index is 303. The second kappa shape index (κ2) is 10.1. The van der Waals surface area contributed by atoms with E-state index < -0.39 is 12.2 Å². The van der Waals surface area contributed by atoms with Crippen molar-refractivity contribution in [3.05, 3.63) is 0 Å². The molecule has 0 aromatic heterocycles. The van der Waals surface area contributed by atoms with Crippen LogP contribution in [-0.2, 0) is 14.3 Å². The average molecular weight is 288 g/mol. The Balaban J connectivity index is 3.89. The first-order valence-corrected chi connectivity index (χ1v) is 6.69. The summed E-state index contributed by atoms with van der Waals surface area (Å²) in [7, 11) is 3.16. The van der Waals surface area contributed by atoms with Gasteiger partial charge in [0.15, 0.2) is 0 Å². The van der Waals surface area contributed by atoms with Gasteiger partial charge in [0, 0.05) is 40.0 Å². The Morgan fingerprint density at radius 1 is 0.800 bits per heavy atom. The predicted octanol–water partition coefficient (Wildman–Crippen LogP) is 1.51. The summed E-state index contributed by atoms with van der Waals surface area (Å²) in [6, 6.07) is 0. The monoisotopic (exact) mass is 288 g/mol. The van der Waals surface area contributed by atoms with Crippen LogP contribution in [0, 0.1) is 0 Å². The average Bonchev–Trinajstić information content (AvgIpc) is 2.42. The van der Waals surface area contributed by atoms with E-state index in [1.165, 1.54) is 9.80 Å². The van der Waals surface area contributed by atoms with Gasteiger partial charge in [-0.05, 0) is 13.8 Å². The van der Waals surface area contributed by atoms with E-state index in [1.807, 2.05) is 0 Å². The lowest BCUT2D eigenvalue weighted by Crippen LogP contribution is -2.31. The zero-order valence-corrected chi connectivity index (χ0v) is 12.7. The molecule has 0 radical (unpaired) electrons. The highest BCUT2D eigenvalue weighted by molar-refractivity contribution is 5.80. The number of ether oxygens (including phenoxy) is 2. The van der Waals surface area contributed by atoms with Crippen LogP contribution in [0.5, 0.6) is 0 Å². The molecule has 7 nitrogen and oxygen atoms in total. The third-order valence-electron chi connectivity index (χ3n) is 2.61. The lowest BCUT2D eigenvalue weighted by molar-refractivity contribution is -0.119. The van der Waals surface area contributed by atoms with Gasteiger partial charge in [-0.2, -0.15) is 0 Å². The number of rotatable bonds is 8. The fraction of sp³-hybridized carbons (Fsp3) is 0.769. The highest BCUT2D eigenvalue weighted by Gasteiger charge is 2.13. The molecule has 0 spiro atoms. The van der Waals surface area contributed by atoms with Gasteiger partial charge in [-0.1, -0.05) is 0 Å². The van der Waals surface area contributed by atoms with E-state index in [1.54, 1.807) is 27.9 Å². The van der Waals surface area contributed by atoms with E-state index in [2.05, 4.69) is 0 Å². The molecule has 116 valence electrons. The molecule has 0 N–H and O–H groups in total. The van der Waals surface area contributed by atoms with Crippen molar-refractivity contribution in [2.24, 2.45) is 0 Å². The topological polar surface area (TPSA) is 76.2 Å². The molecule has 0 heterocycles. The molecule has 0 aromatic carbocycles. The maximum absolute atomic E-state index is 11.7. The van der Waals surface area contributed by atoms with Crippen molar-refractivity contribution in [1.82, 2.24) is 9.80 Å². The number of hydrogen-bond donors (Lipinski definition) is 0. The Hall–Kier alpha value is -1.79. The van der Waals surface area contributed by atoms with E-state index >= 15 is 0 Å². The summed E-state index contributed by atoms with van der Waals surface area (Å²) in [5, 5.41) is 0. The maximum atomic E-state index is 11.7. The Morgan fingerprint density at radius 3 is 1.45 bits per heavy atom. The normalized spacial score (nSPS) is 9.80. The Morgan fingerprint density at radius 2 is 1.15 bits per heavy atom. The van der Waals surface area contributed by atoms with E-state index in [9.17, 15) is 14.4 Å². The number of amides is 2. The van der Waals surface area contributed by atoms with Crippen LogP contribution in [0.25, 0.3) is 0 Å². The van der Waals surface area contributed by atoms with Crippen molar-refractivity contribution in [1.29, 1.82) is 0 Å². The lowest BCUT2D eigenvalue weighted by Gasteiger charge is -2.17. The van der Waals surface area contributed by atoms with E-state index in [-0.39, 0.29) is 18.6 Å². The summed E-state index contributed by atoms with van der Waals surface area (Å²) in [5.74, 6) is -0.0164. The van der Waals surface area contributed by atoms with Crippen molar-refractivity contribution >= 4 is 18.0 Å². The quantitative estimate of drug-likeness (QED) is 0.676. The molecule has 0 aliphatic rings. The van der Waals surface area contributed by atoms with Gasteiger partial charge in [0.2, 0.25) is 0 Å². The summed E-state index contributed by atoms with van der Waals surface area (Å²) >= 11 is 0. The summed E-state index contributed by atoms with van der Waals surface area (Å²) in [4.78, 5) is 37.0. The highest BCUT2D eigenvalue weighted by atomic mass is 16.6. The van der Waals surface area contributed by atoms with Crippen LogP contribution >= 0.6 is 0 Å². The third kappa shape index (κ3) is 7.60. The number of ketones is 1. The predicted molar refractivity (Wildman–Crippen MR) is 73.5 cm³/mol. The van der Waals surface area contributed by atoms with Crippen molar-refractivity contribution in [2.45, 2.75) is 26.7 Å². The van der Waals surface area contributed by atoms with Crippen molar-refractivity contribution in [3.63, 3.8) is 0 Å². The molecule has 0 unspecified atom stereocenters. The van der Waals surface area contributed by atoms with E-state index in [4.69, 9.17) is 9.47 Å². The van der Waals surface area contributed by atoms with Crippen LogP contribution in [0.3, 0.4) is 0 Å². The number of Topliss-reactive ketones (excluding diaryl/α,β-unsaturated/α-hetero) is 1. The van der Waals surface area contributed by atoms with Crippen molar-refractivity contribution in [3.8, 4) is 0 Å². The first-order valence-electron chi connectivity index (χ1n) is 6.69. The van der Waals surface area contributed by atoms with Crippen LogP contribution < -0.4 is 0 Å². The van der Waals surface area contributed by atoms with Crippen molar-refractivity contribution in [2.75, 3.05) is 40.4 Å². The SMILES string of the molecule is CCOC(=O)N(C)CCC(=O)CCN(C)C(=O)OCC. The molecule has 0 rings (SSSR count). The summed E-state index contributed by atoms with van der Waals surface area (Å²) in [5.41, 5.74) is 0. The van der Waals surface area contributed by atoms with Gasteiger partial charge >= 0.3 is 12.2 Å². The van der Waals surface area contributed by atoms with Crippen LogP contribution in [0.15, 0.2) is 0 Å². The molecular formula is C13H24N2O5. The molecule has 0 aliphatic heterocycles. The zero-order chi connectivity index (χ0) is 15.5. The maximum Gasteiger partial charge on any atom is 0.409 e. The summed E-state index contributed by atoms with van der Waals surface area (Å²) in [6.45, 7) is 4.68. The minimum Gasteiger partial charge on any atom is -0.450 e. The minimum atomic E-state index is -0.441. The molecule has 0 saturated heterocycles. The smallest absolute Gasteiger partial charge is 0.409 e. The molecular weight excluding hydrogens is 264 g/mol. The minimum absolute atomic E-state index is 0.0164. The van der Waals surface area contributed by atoms with Crippen LogP contribution in [0.1, 0.15) is 26.7 Å². The first kappa shape index (κ1) is 18.2. The van der Waals surface area contributed by atoms with E-state index in [0.717, 1.165) is 0 Å². The van der Waals surface area contributed by atoms with Gasteiger partial charge < -0.3 is 19.3 Å². The molecule has 0 aliphatic carbocycles. The van der Waals surface area contributed by atoms with Gasteiger partial charge in [-0.15, -0.1) is 0 Å². The molecule has 0 bridgehead atoms. The van der Waals surface area contributed by atoms with Gasteiger partial charge in [-0.25, -0.2) is 9.59 Å². The van der Waals surface area contributed by atoms with Gasteiger partial charge in [0.1, 0.15) is 5.78 Å². The van der Waals surface area contributed by atoms with Gasteiger partial charge in [-0.3, -0.25) is 4.79 Å². The fourth-order valence-corrected chi connectivity index (χ4v) is 1.36. The first-order chi connectivity index (χ1) is 9.42. The molecule has 20 heavy (non-hydrogen) atoms. The molecule has 0 aromatic rings. The Labute approximate surface area is 119 Å². The molecule has 0 saturated carbocycles. The molecule has 0 fully saturated rings. The largest absolute Gasteiger partial charge is 0.450 e. The second-order valence-corrected chi connectivity index (χ2v) is 4.28. The van der Waals surface area contributed by atoms with Crippen LogP contribution in [-0.4, -0.2) is 68.2 Å². The van der Waals surface area contributed by atoms with E-state index in [0.29, 0.717) is 26.3 Å². The number of hydrogen-bond acceptors (Lipinski definition) is 5. The molecule has 0 atom stereocenters. The van der Waals surface area contributed by atoms with Gasteiger partial charge in [0.05, 0.1) is 13.2 Å². The molecule has 2 amide bonds. The number of carbonyl (C=O) groups is 3. The van der Waals surface area contributed by atoms with Crippen molar-refractivity contribution < 1.29 is 23.9 Å². The standard InChI is InChI=1S/C13H24N2O5/c1-5-19-12(17)14(3)9-7-11(16)8-10-15(4)13(18)20-6-2/h5-10H2,1-4H3. The zero-order valence-electron chi connectivity index (χ0n) is 12.7. The highest BCUT2D eigenvalue weighted by Crippen LogP contribution is 1.99. The summed E-state index contributed by atoms with van der Waals surface area (Å²) < 4.78 is 9.60. The van der Waals surface area contributed by atoms with Crippen LogP contribution in [0.4, 0.5) is 9.59 Å². The fourth-order valence-electron chi connectivity index (χ4n) is 1.36. The van der Waals surface area contributed by atoms with Gasteiger partial charge in [0.25, 0.3) is 0 Å². The number of nitrogens with zero attached hydrogens (tertiary/aromatic N) is 2.